The molecule has 0 aliphatic rings. The number of nitrogens with zero attached hydrogens (tertiary/aromatic N) is 2. The minimum absolute atomic E-state index is 0.106. The molecular weight excluding hydrogens is 377 g/mol. The number of carbonyl (C=O) groups excluding carboxylic acids is 1. The second-order valence-electron chi connectivity index (χ2n) is 5.52. The van der Waals surface area contributed by atoms with Gasteiger partial charge in [-0.2, -0.15) is 0 Å². The molecule has 1 amide bonds. The van der Waals surface area contributed by atoms with E-state index < -0.39 is 0 Å². The molecule has 1 heterocycles. The molecule has 0 saturated carbocycles. The summed E-state index contributed by atoms with van der Waals surface area (Å²) in [6, 6.07) is 12.0. The molecule has 8 heteroatoms. The molecule has 2 aromatic carbocycles. The Kier molecular flexibility index (Phi) is 5.75. The zero-order valence-electron chi connectivity index (χ0n) is 13.8. The Labute approximate surface area is 160 Å². The molecular formula is C18H15Cl2N3O3. The Morgan fingerprint density at radius 1 is 1.19 bits per heavy atom. The standard InChI is InChI=1S/C18H15Cl2N3O3/c1-11(13-4-7-15(19)16(20)8-13)22-17(24)9-25-14-5-2-12(3-6-14)18-23-21-10-26-18/h2-8,10-11H,9H2,1H3,(H,22,24)/t11-/m0/s1. The van der Waals surface area contributed by atoms with E-state index in [2.05, 4.69) is 15.5 Å². The molecule has 3 rings (SSSR count). The maximum absolute atomic E-state index is 12.1. The number of nitrogens with one attached hydrogen (secondary N) is 1. The molecule has 0 spiro atoms. The van der Waals surface area contributed by atoms with E-state index in [1.807, 2.05) is 13.0 Å². The van der Waals surface area contributed by atoms with Crippen molar-refractivity contribution in [1.82, 2.24) is 15.5 Å². The van der Waals surface area contributed by atoms with Crippen LogP contribution in [-0.4, -0.2) is 22.7 Å². The highest BCUT2D eigenvalue weighted by atomic mass is 35.5. The summed E-state index contributed by atoms with van der Waals surface area (Å²) in [4.78, 5) is 12.1. The summed E-state index contributed by atoms with van der Waals surface area (Å²) in [6.07, 6.45) is 1.26. The number of ether oxygens (including phenoxy) is 1. The lowest BCUT2D eigenvalue weighted by molar-refractivity contribution is -0.123. The largest absolute Gasteiger partial charge is 0.484 e. The van der Waals surface area contributed by atoms with E-state index in [1.165, 1.54) is 6.39 Å². The van der Waals surface area contributed by atoms with Gasteiger partial charge in [-0.1, -0.05) is 29.3 Å². The van der Waals surface area contributed by atoms with E-state index in [-0.39, 0.29) is 18.6 Å². The van der Waals surface area contributed by atoms with E-state index in [4.69, 9.17) is 32.4 Å². The summed E-state index contributed by atoms with van der Waals surface area (Å²) in [5.74, 6) is 0.736. The average Bonchev–Trinajstić information content (AvgIpc) is 3.17. The van der Waals surface area contributed by atoms with E-state index in [0.717, 1.165) is 11.1 Å². The molecule has 134 valence electrons. The minimum atomic E-state index is -0.246. The Hall–Kier alpha value is -2.57. The maximum atomic E-state index is 12.1. The summed E-state index contributed by atoms with van der Waals surface area (Å²) >= 11 is 11.9. The van der Waals surface area contributed by atoms with Gasteiger partial charge in [0.2, 0.25) is 12.3 Å². The van der Waals surface area contributed by atoms with Crippen LogP contribution in [0.4, 0.5) is 0 Å². The zero-order chi connectivity index (χ0) is 18.5. The summed E-state index contributed by atoms with van der Waals surface area (Å²) in [5.41, 5.74) is 1.63. The van der Waals surface area contributed by atoms with Crippen molar-refractivity contribution in [3.63, 3.8) is 0 Å². The number of halogens is 2. The molecule has 3 aromatic rings. The van der Waals surface area contributed by atoms with E-state index in [0.29, 0.717) is 21.7 Å². The number of rotatable bonds is 6. The van der Waals surface area contributed by atoms with Gasteiger partial charge in [-0.3, -0.25) is 4.79 Å². The highest BCUT2D eigenvalue weighted by Crippen LogP contribution is 2.25. The third-order valence-electron chi connectivity index (χ3n) is 3.65. The second kappa shape index (κ2) is 8.21. The highest BCUT2D eigenvalue weighted by Gasteiger charge is 2.12. The van der Waals surface area contributed by atoms with Gasteiger partial charge in [0, 0.05) is 5.56 Å². The van der Waals surface area contributed by atoms with Gasteiger partial charge in [0.15, 0.2) is 6.61 Å². The van der Waals surface area contributed by atoms with Crippen LogP contribution < -0.4 is 10.1 Å². The maximum Gasteiger partial charge on any atom is 0.258 e. The second-order valence-corrected chi connectivity index (χ2v) is 6.33. The van der Waals surface area contributed by atoms with Gasteiger partial charge in [-0.25, -0.2) is 0 Å². The normalized spacial score (nSPS) is 11.8. The molecule has 6 nitrogen and oxygen atoms in total. The molecule has 0 saturated heterocycles. The Morgan fingerprint density at radius 3 is 2.62 bits per heavy atom. The quantitative estimate of drug-likeness (QED) is 0.677. The topological polar surface area (TPSA) is 77.2 Å². The third kappa shape index (κ3) is 4.53. The van der Waals surface area contributed by atoms with E-state index in [1.54, 1.807) is 36.4 Å². The van der Waals surface area contributed by atoms with Crippen molar-refractivity contribution in [2.75, 3.05) is 6.61 Å². The first-order valence-corrected chi connectivity index (χ1v) is 8.52. The summed E-state index contributed by atoms with van der Waals surface area (Å²) in [7, 11) is 0. The first kappa shape index (κ1) is 18.2. The molecule has 0 fully saturated rings. The SMILES string of the molecule is C[C@H](NC(=O)COc1ccc(-c2nnco2)cc1)c1ccc(Cl)c(Cl)c1. The van der Waals surface area contributed by atoms with E-state index >= 15 is 0 Å². The lowest BCUT2D eigenvalue weighted by Crippen LogP contribution is -2.31. The average molecular weight is 392 g/mol. The Balaban J connectivity index is 1.52. The van der Waals surface area contributed by atoms with Gasteiger partial charge in [0.1, 0.15) is 5.75 Å². The first-order valence-electron chi connectivity index (χ1n) is 7.76. The number of hydrogen-bond donors (Lipinski definition) is 1. The molecule has 0 radical (unpaired) electrons. The summed E-state index contributed by atoms with van der Waals surface area (Å²) in [5, 5.41) is 11.2. The predicted molar refractivity (Wildman–Crippen MR) is 98.2 cm³/mol. The van der Waals surface area contributed by atoms with Crippen LogP contribution in [0.15, 0.2) is 53.3 Å². The monoisotopic (exact) mass is 391 g/mol. The molecule has 26 heavy (non-hydrogen) atoms. The van der Waals surface area contributed by atoms with Crippen molar-refractivity contribution in [3.8, 4) is 17.2 Å². The summed E-state index contributed by atoms with van der Waals surface area (Å²) in [6.45, 7) is 1.75. The highest BCUT2D eigenvalue weighted by molar-refractivity contribution is 6.42. The van der Waals surface area contributed by atoms with Gasteiger partial charge < -0.3 is 14.5 Å². The minimum Gasteiger partial charge on any atom is -0.484 e. The van der Waals surface area contributed by atoms with Crippen LogP contribution in [0, 0.1) is 0 Å². The molecule has 0 unspecified atom stereocenters. The number of hydrogen-bond acceptors (Lipinski definition) is 5. The van der Waals surface area contributed by atoms with Gasteiger partial charge in [-0.05, 0) is 48.9 Å². The van der Waals surface area contributed by atoms with Crippen molar-refractivity contribution >= 4 is 29.1 Å². The van der Waals surface area contributed by atoms with Crippen LogP contribution in [-0.2, 0) is 4.79 Å². The molecule has 0 bridgehead atoms. The van der Waals surface area contributed by atoms with Gasteiger partial charge >= 0.3 is 0 Å². The van der Waals surface area contributed by atoms with Crippen molar-refractivity contribution in [2.45, 2.75) is 13.0 Å². The Bertz CT molecular complexity index is 883. The lowest BCUT2D eigenvalue weighted by atomic mass is 10.1. The molecule has 0 aliphatic carbocycles. The fraction of sp³-hybridized carbons (Fsp3) is 0.167. The number of carbonyl (C=O) groups is 1. The third-order valence-corrected chi connectivity index (χ3v) is 4.39. The predicted octanol–water partition coefficient (Wildman–Crippen LogP) is 4.30. The van der Waals surface area contributed by atoms with Gasteiger partial charge in [0.25, 0.3) is 5.91 Å². The fourth-order valence-electron chi connectivity index (χ4n) is 2.29. The van der Waals surface area contributed by atoms with Crippen LogP contribution in [0.25, 0.3) is 11.5 Å². The van der Waals surface area contributed by atoms with Gasteiger partial charge in [0.05, 0.1) is 16.1 Å². The Morgan fingerprint density at radius 2 is 1.96 bits per heavy atom. The smallest absolute Gasteiger partial charge is 0.258 e. The molecule has 1 aromatic heterocycles. The van der Waals surface area contributed by atoms with Crippen molar-refractivity contribution in [2.24, 2.45) is 0 Å². The van der Waals surface area contributed by atoms with Crippen LogP contribution in [0.1, 0.15) is 18.5 Å². The lowest BCUT2D eigenvalue weighted by Gasteiger charge is -2.15. The fourth-order valence-corrected chi connectivity index (χ4v) is 2.60. The molecule has 1 N–H and O–H groups in total. The van der Waals surface area contributed by atoms with Crippen molar-refractivity contribution in [1.29, 1.82) is 0 Å². The van der Waals surface area contributed by atoms with Crippen LogP contribution >= 0.6 is 23.2 Å². The zero-order valence-corrected chi connectivity index (χ0v) is 15.3. The number of aromatic nitrogens is 2. The van der Waals surface area contributed by atoms with Crippen molar-refractivity contribution in [3.05, 3.63) is 64.5 Å². The van der Waals surface area contributed by atoms with E-state index in [9.17, 15) is 4.79 Å². The van der Waals surface area contributed by atoms with Crippen molar-refractivity contribution < 1.29 is 13.9 Å². The summed E-state index contributed by atoms with van der Waals surface area (Å²) < 4.78 is 10.6. The van der Waals surface area contributed by atoms with Crippen LogP contribution in [0.3, 0.4) is 0 Å². The first-order chi connectivity index (χ1) is 12.5. The molecule has 1 atom stereocenters. The van der Waals surface area contributed by atoms with Crippen LogP contribution in [0.5, 0.6) is 5.75 Å². The van der Waals surface area contributed by atoms with Gasteiger partial charge in [-0.15, -0.1) is 10.2 Å². The number of benzene rings is 2. The molecule has 0 aliphatic heterocycles. The van der Waals surface area contributed by atoms with Crippen LogP contribution in [0.2, 0.25) is 10.0 Å². The number of amides is 1.